The van der Waals surface area contributed by atoms with E-state index in [0.717, 1.165) is 21.5 Å². The van der Waals surface area contributed by atoms with E-state index in [-0.39, 0.29) is 0 Å². The van der Waals surface area contributed by atoms with Crippen LogP contribution in [0.2, 0.25) is 0 Å². The van der Waals surface area contributed by atoms with E-state index in [1.165, 1.54) is 11.8 Å². The van der Waals surface area contributed by atoms with E-state index < -0.39 is 0 Å². The lowest BCUT2D eigenvalue weighted by Crippen LogP contribution is -1.78. The van der Waals surface area contributed by atoms with Crippen LogP contribution in [0.4, 0.5) is 0 Å². The van der Waals surface area contributed by atoms with Crippen molar-refractivity contribution in [3.63, 3.8) is 0 Å². The molecule has 0 fully saturated rings. The number of halogens is 1. The van der Waals surface area contributed by atoms with E-state index in [2.05, 4.69) is 31.3 Å². The highest BCUT2D eigenvalue weighted by molar-refractivity contribution is 9.10. The van der Waals surface area contributed by atoms with E-state index in [0.29, 0.717) is 16.9 Å². The first kappa shape index (κ1) is 13.4. The van der Waals surface area contributed by atoms with E-state index in [9.17, 15) is 0 Å². The highest BCUT2D eigenvalue weighted by Crippen LogP contribution is 2.30. The molecule has 0 radical (unpaired) electrons. The molecule has 0 atom stereocenters. The molecule has 0 amide bonds. The molecule has 5 nitrogen and oxygen atoms in total. The van der Waals surface area contributed by atoms with Gasteiger partial charge in [0, 0.05) is 10.5 Å². The van der Waals surface area contributed by atoms with Gasteiger partial charge in [0.1, 0.15) is 5.76 Å². The maximum atomic E-state index is 5.63. The molecule has 0 aliphatic rings. The molecule has 7 heteroatoms. The van der Waals surface area contributed by atoms with Gasteiger partial charge in [-0.25, -0.2) is 0 Å². The normalized spacial score (nSPS) is 10.9. The fourth-order valence-electron chi connectivity index (χ4n) is 1.63. The second kappa shape index (κ2) is 5.80. The molecule has 102 valence electrons. The minimum Gasteiger partial charge on any atom is -0.411 e. The smallest absolute Gasteiger partial charge is 0.277 e. The van der Waals surface area contributed by atoms with Crippen LogP contribution in [0.5, 0.6) is 0 Å². The van der Waals surface area contributed by atoms with Gasteiger partial charge in [-0.05, 0) is 35.0 Å². The molecule has 0 saturated carbocycles. The van der Waals surface area contributed by atoms with Gasteiger partial charge < -0.3 is 8.94 Å². The summed E-state index contributed by atoms with van der Waals surface area (Å²) in [6.45, 7) is 1.88. The number of hydrogen-bond donors (Lipinski definition) is 0. The summed E-state index contributed by atoms with van der Waals surface area (Å²) in [5, 5.41) is 12.4. The molecule has 1 aromatic carbocycles. The topological polar surface area (TPSA) is 65.0 Å². The second-order valence-electron chi connectivity index (χ2n) is 4.08. The van der Waals surface area contributed by atoms with Crippen LogP contribution < -0.4 is 0 Å². The zero-order valence-electron chi connectivity index (χ0n) is 10.5. The van der Waals surface area contributed by atoms with Gasteiger partial charge in [-0.1, -0.05) is 29.1 Å². The van der Waals surface area contributed by atoms with Crippen LogP contribution in [0.1, 0.15) is 11.5 Å². The Bertz CT molecular complexity index is 726. The largest absolute Gasteiger partial charge is 0.411 e. The van der Waals surface area contributed by atoms with Crippen LogP contribution in [0.15, 0.2) is 49.0 Å². The summed E-state index contributed by atoms with van der Waals surface area (Å²) in [7, 11) is 0. The molecule has 2 heterocycles. The van der Waals surface area contributed by atoms with E-state index in [1.54, 1.807) is 0 Å². The number of rotatable bonds is 4. The number of aromatic nitrogens is 3. The number of nitrogens with zero attached hydrogens (tertiary/aromatic N) is 3. The first-order valence-corrected chi connectivity index (χ1v) is 7.63. The summed E-state index contributed by atoms with van der Waals surface area (Å²) in [6.07, 6.45) is 0. The molecule has 0 aliphatic heterocycles. The minimum atomic E-state index is 0.494. The summed E-state index contributed by atoms with van der Waals surface area (Å²) in [6, 6.07) is 9.60. The minimum absolute atomic E-state index is 0.494. The van der Waals surface area contributed by atoms with Crippen molar-refractivity contribution in [3.8, 4) is 11.5 Å². The molecule has 3 aromatic rings. The van der Waals surface area contributed by atoms with Crippen molar-refractivity contribution in [3.05, 3.63) is 46.3 Å². The number of aryl methyl sites for hydroxylation is 1. The van der Waals surface area contributed by atoms with Gasteiger partial charge in [0.15, 0.2) is 0 Å². The van der Waals surface area contributed by atoms with Crippen LogP contribution >= 0.6 is 27.7 Å². The first-order chi connectivity index (χ1) is 9.72. The van der Waals surface area contributed by atoms with Gasteiger partial charge in [0.05, 0.1) is 17.0 Å². The van der Waals surface area contributed by atoms with Crippen molar-refractivity contribution < 1.29 is 8.94 Å². The third kappa shape index (κ3) is 2.94. The van der Waals surface area contributed by atoms with E-state index >= 15 is 0 Å². The SMILES string of the molecule is Cc1cc(CSc2nnc(-c3ccccc3Br)o2)on1. The second-order valence-corrected chi connectivity index (χ2v) is 5.86. The van der Waals surface area contributed by atoms with E-state index in [1.807, 2.05) is 37.3 Å². The lowest BCUT2D eigenvalue weighted by Gasteiger charge is -1.96. The van der Waals surface area contributed by atoms with Crippen molar-refractivity contribution in [1.29, 1.82) is 0 Å². The molecule has 0 N–H and O–H groups in total. The lowest BCUT2D eigenvalue weighted by molar-refractivity contribution is 0.390. The molecule has 0 bridgehead atoms. The number of thioether (sulfide) groups is 1. The van der Waals surface area contributed by atoms with Crippen molar-refractivity contribution in [2.75, 3.05) is 0 Å². The monoisotopic (exact) mass is 351 g/mol. The van der Waals surface area contributed by atoms with Crippen molar-refractivity contribution in [2.24, 2.45) is 0 Å². The molecular weight excluding hydrogens is 342 g/mol. The molecule has 0 unspecified atom stereocenters. The summed E-state index contributed by atoms with van der Waals surface area (Å²) in [4.78, 5) is 0. The third-order valence-corrected chi connectivity index (χ3v) is 4.06. The third-order valence-electron chi connectivity index (χ3n) is 2.53. The van der Waals surface area contributed by atoms with Crippen molar-refractivity contribution >= 4 is 27.7 Å². The van der Waals surface area contributed by atoms with E-state index in [4.69, 9.17) is 8.94 Å². The Morgan fingerprint density at radius 3 is 2.85 bits per heavy atom. The van der Waals surface area contributed by atoms with Crippen LogP contribution in [-0.2, 0) is 5.75 Å². The Balaban J connectivity index is 1.72. The quantitative estimate of drug-likeness (QED) is 0.659. The zero-order chi connectivity index (χ0) is 13.9. The maximum absolute atomic E-state index is 5.63. The standard InChI is InChI=1S/C13H10BrN3O2S/c1-8-6-9(19-17-8)7-20-13-16-15-12(18-13)10-4-2-3-5-11(10)14/h2-6H,7H2,1H3. The van der Waals surface area contributed by atoms with Gasteiger partial charge in [0.25, 0.3) is 5.22 Å². The fourth-order valence-corrected chi connectivity index (χ4v) is 2.72. The molecule has 0 saturated heterocycles. The molecule has 0 aliphatic carbocycles. The Kier molecular flexibility index (Phi) is 3.88. The van der Waals surface area contributed by atoms with Crippen molar-refractivity contribution in [1.82, 2.24) is 15.4 Å². The zero-order valence-corrected chi connectivity index (χ0v) is 12.9. The van der Waals surface area contributed by atoms with Gasteiger partial charge in [0.2, 0.25) is 5.89 Å². The Labute approximate surface area is 127 Å². The fraction of sp³-hybridized carbons (Fsp3) is 0.154. The van der Waals surface area contributed by atoms with Crippen LogP contribution in [0.25, 0.3) is 11.5 Å². The van der Waals surface area contributed by atoms with Gasteiger partial charge in [-0.2, -0.15) is 0 Å². The summed E-state index contributed by atoms with van der Waals surface area (Å²) in [5.74, 6) is 1.89. The summed E-state index contributed by atoms with van der Waals surface area (Å²) >= 11 is 4.88. The molecule has 3 rings (SSSR count). The number of hydrogen-bond acceptors (Lipinski definition) is 6. The van der Waals surface area contributed by atoms with Crippen LogP contribution in [-0.4, -0.2) is 15.4 Å². The van der Waals surface area contributed by atoms with Gasteiger partial charge in [-0.15, -0.1) is 10.2 Å². The summed E-state index contributed by atoms with van der Waals surface area (Å²) < 4.78 is 11.7. The molecular formula is C13H10BrN3O2S. The predicted octanol–water partition coefficient (Wildman–Crippen LogP) is 4.09. The van der Waals surface area contributed by atoms with Gasteiger partial charge in [-0.3, -0.25) is 0 Å². The highest BCUT2D eigenvalue weighted by atomic mass is 79.9. The first-order valence-electron chi connectivity index (χ1n) is 5.86. The molecule has 2 aromatic heterocycles. The molecule has 0 spiro atoms. The number of benzene rings is 1. The Morgan fingerprint density at radius 1 is 1.25 bits per heavy atom. The Hall–Kier alpha value is -1.60. The summed E-state index contributed by atoms with van der Waals surface area (Å²) in [5.41, 5.74) is 1.74. The van der Waals surface area contributed by atoms with Crippen LogP contribution in [0, 0.1) is 6.92 Å². The maximum Gasteiger partial charge on any atom is 0.277 e. The average molecular weight is 352 g/mol. The average Bonchev–Trinajstić information content (AvgIpc) is 3.06. The highest BCUT2D eigenvalue weighted by Gasteiger charge is 2.12. The van der Waals surface area contributed by atoms with Crippen LogP contribution in [0.3, 0.4) is 0 Å². The van der Waals surface area contributed by atoms with Gasteiger partial charge >= 0.3 is 0 Å². The van der Waals surface area contributed by atoms with Crippen molar-refractivity contribution in [2.45, 2.75) is 17.9 Å². The Morgan fingerprint density at radius 2 is 2.10 bits per heavy atom. The lowest BCUT2D eigenvalue weighted by atomic mass is 10.2. The molecule has 20 heavy (non-hydrogen) atoms. The predicted molar refractivity (Wildman–Crippen MR) is 78.2 cm³/mol.